The fourth-order valence-corrected chi connectivity index (χ4v) is 1.02. The molecule has 0 aliphatic heterocycles. The first kappa shape index (κ1) is 12.2. The molecule has 0 radical (unpaired) electrons. The highest BCUT2D eigenvalue weighted by atomic mass is 16.3. The van der Waals surface area contributed by atoms with E-state index in [1.54, 1.807) is 0 Å². The first-order valence-corrected chi connectivity index (χ1v) is 4.98. The van der Waals surface area contributed by atoms with Crippen molar-refractivity contribution in [1.29, 1.82) is 0 Å². The van der Waals surface area contributed by atoms with Gasteiger partial charge in [-0.05, 0) is 18.9 Å². The van der Waals surface area contributed by atoms with Crippen LogP contribution in [0.15, 0.2) is 24.3 Å². The molecule has 1 N–H and O–H groups in total. The smallest absolute Gasteiger partial charge is 0.0787 e. The van der Waals surface area contributed by atoms with Crippen molar-refractivity contribution in [3.8, 4) is 0 Å². The molecular weight excluding hydrogens is 160 g/mol. The van der Waals surface area contributed by atoms with Gasteiger partial charge in [0.25, 0.3) is 0 Å². The summed E-state index contributed by atoms with van der Waals surface area (Å²) in [6.45, 7) is 8.02. The van der Waals surface area contributed by atoms with Gasteiger partial charge in [-0.15, -0.1) is 0 Å². The van der Waals surface area contributed by atoms with Crippen molar-refractivity contribution >= 4 is 0 Å². The largest absolute Gasteiger partial charge is 0.388 e. The van der Waals surface area contributed by atoms with Crippen molar-refractivity contribution in [2.24, 2.45) is 0 Å². The fourth-order valence-electron chi connectivity index (χ4n) is 1.02. The Hall–Kier alpha value is -0.820. The van der Waals surface area contributed by atoms with Gasteiger partial charge in [-0.3, -0.25) is 0 Å². The van der Waals surface area contributed by atoms with Gasteiger partial charge in [0.2, 0.25) is 0 Å². The molecule has 0 heterocycles. The van der Waals surface area contributed by atoms with Gasteiger partial charge in [0.05, 0.1) is 6.10 Å². The van der Waals surface area contributed by atoms with Crippen LogP contribution in [0.4, 0.5) is 0 Å². The third-order valence-electron chi connectivity index (χ3n) is 1.85. The van der Waals surface area contributed by atoms with Gasteiger partial charge in [0.15, 0.2) is 0 Å². The Morgan fingerprint density at radius 3 is 2.00 bits per heavy atom. The average molecular weight is 180 g/mol. The maximum atomic E-state index is 9.42. The van der Waals surface area contributed by atoms with Crippen LogP contribution in [0.2, 0.25) is 0 Å². The lowest BCUT2D eigenvalue weighted by atomic mass is 10.1. The van der Waals surface area contributed by atoms with Crippen LogP contribution in [-0.2, 0) is 0 Å². The molecule has 0 aliphatic rings. The molecule has 0 amide bonds. The number of hydrogen-bond donors (Lipinski definition) is 1. The zero-order valence-corrected chi connectivity index (χ0v) is 9.04. The summed E-state index contributed by atoms with van der Waals surface area (Å²) >= 11 is 0. The van der Waals surface area contributed by atoms with Gasteiger partial charge in [-0.1, -0.05) is 50.6 Å². The zero-order valence-electron chi connectivity index (χ0n) is 9.04. The van der Waals surface area contributed by atoms with Crippen molar-refractivity contribution in [2.45, 2.75) is 40.2 Å². The van der Waals surface area contributed by atoms with E-state index >= 15 is 0 Å². The van der Waals surface area contributed by atoms with Crippen LogP contribution >= 0.6 is 0 Å². The van der Waals surface area contributed by atoms with Gasteiger partial charge in [0, 0.05) is 0 Å². The highest BCUT2D eigenvalue weighted by Crippen LogP contribution is 2.15. The Bertz CT molecular complexity index is 213. The molecule has 0 bridgehead atoms. The van der Waals surface area contributed by atoms with Gasteiger partial charge in [-0.25, -0.2) is 0 Å². The normalized spacial score (nSPS) is 11.5. The summed E-state index contributed by atoms with van der Waals surface area (Å²) in [6, 6.07) is 8.00. The van der Waals surface area contributed by atoms with Crippen LogP contribution in [0.5, 0.6) is 0 Å². The summed E-state index contributed by atoms with van der Waals surface area (Å²) < 4.78 is 0. The van der Waals surface area contributed by atoms with E-state index in [4.69, 9.17) is 0 Å². The Kier molecular flexibility index (Phi) is 6.25. The molecular formula is C12H20O. The molecule has 0 spiro atoms. The minimum absolute atomic E-state index is 0.296. The molecule has 13 heavy (non-hydrogen) atoms. The number of benzene rings is 1. The average Bonchev–Trinajstić information content (AvgIpc) is 2.21. The first-order valence-electron chi connectivity index (χ1n) is 4.98. The van der Waals surface area contributed by atoms with E-state index in [-0.39, 0.29) is 6.10 Å². The predicted molar refractivity (Wildman–Crippen MR) is 57.8 cm³/mol. The lowest BCUT2D eigenvalue weighted by Crippen LogP contribution is -1.93. The van der Waals surface area contributed by atoms with E-state index in [0.717, 1.165) is 12.0 Å². The van der Waals surface area contributed by atoms with E-state index in [1.165, 1.54) is 5.56 Å². The second kappa shape index (κ2) is 6.67. The predicted octanol–water partition coefficient (Wildman–Crippen LogP) is 3.46. The minimum Gasteiger partial charge on any atom is -0.388 e. The van der Waals surface area contributed by atoms with E-state index < -0.39 is 0 Å². The third kappa shape index (κ3) is 4.09. The molecule has 0 saturated carbocycles. The summed E-state index contributed by atoms with van der Waals surface area (Å²) in [4.78, 5) is 0. The molecule has 0 saturated heterocycles. The monoisotopic (exact) mass is 180 g/mol. The molecule has 1 aromatic carbocycles. The lowest BCUT2D eigenvalue weighted by molar-refractivity contribution is 0.173. The standard InChI is InChI=1S/C10H14O.C2H6/c1-3-10(11)9-6-4-8(2)5-7-9;1-2/h4-7,10-11H,3H2,1-2H3;1-2H3/t10-;/m0./s1. The Balaban J connectivity index is 0.000000671. The van der Waals surface area contributed by atoms with E-state index in [1.807, 2.05) is 52.0 Å². The van der Waals surface area contributed by atoms with Crippen molar-refractivity contribution in [1.82, 2.24) is 0 Å². The van der Waals surface area contributed by atoms with Crippen molar-refractivity contribution < 1.29 is 5.11 Å². The first-order chi connectivity index (χ1) is 6.24. The molecule has 1 rings (SSSR count). The van der Waals surface area contributed by atoms with Gasteiger partial charge in [-0.2, -0.15) is 0 Å². The maximum absolute atomic E-state index is 9.42. The topological polar surface area (TPSA) is 20.2 Å². The van der Waals surface area contributed by atoms with Crippen LogP contribution in [0, 0.1) is 6.92 Å². The van der Waals surface area contributed by atoms with E-state index in [0.29, 0.717) is 0 Å². The highest BCUT2D eigenvalue weighted by Gasteiger charge is 2.01. The summed E-state index contributed by atoms with van der Waals surface area (Å²) in [6.07, 6.45) is 0.485. The van der Waals surface area contributed by atoms with Gasteiger partial charge < -0.3 is 5.11 Å². The number of aryl methyl sites for hydroxylation is 1. The molecule has 1 nitrogen and oxygen atoms in total. The molecule has 0 fully saturated rings. The SMILES string of the molecule is CC.CC[C@H](O)c1ccc(C)cc1. The number of aliphatic hydroxyl groups excluding tert-OH is 1. The molecule has 0 aromatic heterocycles. The number of hydrogen-bond acceptors (Lipinski definition) is 1. The third-order valence-corrected chi connectivity index (χ3v) is 1.85. The van der Waals surface area contributed by atoms with Crippen molar-refractivity contribution in [3.63, 3.8) is 0 Å². The maximum Gasteiger partial charge on any atom is 0.0787 e. The highest BCUT2D eigenvalue weighted by molar-refractivity contribution is 5.22. The number of aliphatic hydroxyl groups is 1. The molecule has 0 aliphatic carbocycles. The molecule has 1 atom stereocenters. The second-order valence-electron chi connectivity index (χ2n) is 2.83. The van der Waals surface area contributed by atoms with Crippen molar-refractivity contribution in [2.75, 3.05) is 0 Å². The quantitative estimate of drug-likeness (QED) is 0.739. The van der Waals surface area contributed by atoms with Crippen LogP contribution in [0.3, 0.4) is 0 Å². The van der Waals surface area contributed by atoms with Gasteiger partial charge in [0.1, 0.15) is 0 Å². The Labute approximate surface area is 81.4 Å². The Morgan fingerprint density at radius 1 is 1.15 bits per heavy atom. The van der Waals surface area contributed by atoms with Crippen LogP contribution in [0.1, 0.15) is 44.4 Å². The zero-order chi connectivity index (χ0) is 10.3. The lowest BCUT2D eigenvalue weighted by Gasteiger charge is -2.07. The fraction of sp³-hybridized carbons (Fsp3) is 0.500. The van der Waals surface area contributed by atoms with Gasteiger partial charge >= 0.3 is 0 Å². The Morgan fingerprint density at radius 2 is 1.62 bits per heavy atom. The van der Waals surface area contributed by atoms with E-state index in [2.05, 4.69) is 0 Å². The minimum atomic E-state index is -0.296. The van der Waals surface area contributed by atoms with Crippen molar-refractivity contribution in [3.05, 3.63) is 35.4 Å². The second-order valence-corrected chi connectivity index (χ2v) is 2.83. The molecule has 1 heteroatoms. The molecule has 0 unspecified atom stereocenters. The molecule has 74 valence electrons. The number of rotatable bonds is 2. The van der Waals surface area contributed by atoms with Crippen LogP contribution in [0.25, 0.3) is 0 Å². The van der Waals surface area contributed by atoms with Crippen LogP contribution < -0.4 is 0 Å². The summed E-state index contributed by atoms with van der Waals surface area (Å²) in [5.41, 5.74) is 2.25. The molecule has 1 aromatic rings. The summed E-state index contributed by atoms with van der Waals surface area (Å²) in [5.74, 6) is 0. The van der Waals surface area contributed by atoms with E-state index in [9.17, 15) is 5.11 Å². The summed E-state index contributed by atoms with van der Waals surface area (Å²) in [7, 11) is 0. The van der Waals surface area contributed by atoms with Crippen LogP contribution in [-0.4, -0.2) is 5.11 Å². The summed E-state index contributed by atoms with van der Waals surface area (Å²) in [5, 5.41) is 9.42.